The van der Waals surface area contributed by atoms with E-state index in [1.54, 1.807) is 0 Å². The molecule has 0 aromatic carbocycles. The zero-order valence-electron chi connectivity index (χ0n) is 6.13. The van der Waals surface area contributed by atoms with Crippen molar-refractivity contribution >= 4 is 5.97 Å². The highest BCUT2D eigenvalue weighted by molar-refractivity contribution is 5.83. The Labute approximate surface area is 65.0 Å². The summed E-state index contributed by atoms with van der Waals surface area (Å²) in [5, 5.41) is 21.1. The molecule has 0 radical (unpaired) electrons. The van der Waals surface area contributed by atoms with Gasteiger partial charge in [0, 0.05) is 26.2 Å². The predicted molar refractivity (Wildman–Crippen MR) is 39.0 cm³/mol. The minimum atomic E-state index is -1.44. The second-order valence-corrected chi connectivity index (χ2v) is 1.92. The molecule has 0 amide bonds. The summed E-state index contributed by atoms with van der Waals surface area (Å²) in [7, 11) is 0. The van der Waals surface area contributed by atoms with Crippen molar-refractivity contribution in [1.82, 2.24) is 10.6 Å². The first-order valence-corrected chi connectivity index (χ1v) is 3.32. The van der Waals surface area contributed by atoms with Gasteiger partial charge >= 0.3 is 5.97 Å². The van der Waals surface area contributed by atoms with Crippen molar-refractivity contribution in [3.63, 3.8) is 0 Å². The van der Waals surface area contributed by atoms with Crippen molar-refractivity contribution in [3.05, 3.63) is 0 Å². The van der Waals surface area contributed by atoms with Crippen molar-refractivity contribution < 1.29 is 9.90 Å². The van der Waals surface area contributed by atoms with E-state index in [2.05, 4.69) is 10.6 Å². The van der Waals surface area contributed by atoms with Crippen molar-refractivity contribution in [2.45, 2.75) is 0 Å². The lowest BCUT2D eigenvalue weighted by Crippen LogP contribution is -2.39. The van der Waals surface area contributed by atoms with Crippen LogP contribution in [-0.2, 0) is 4.79 Å². The maximum absolute atomic E-state index is 9.01. The number of aliphatic carboxylic acids is 1. The Kier molecular flexibility index (Phi) is 6.28. The van der Waals surface area contributed by atoms with Crippen molar-refractivity contribution in [2.24, 2.45) is 0 Å². The van der Waals surface area contributed by atoms with Gasteiger partial charge in [-0.2, -0.15) is 5.26 Å². The van der Waals surface area contributed by atoms with Gasteiger partial charge in [0.05, 0.1) is 0 Å². The van der Waals surface area contributed by atoms with E-state index in [-0.39, 0.29) is 0 Å². The van der Waals surface area contributed by atoms with Crippen LogP contribution in [0.5, 0.6) is 0 Å². The summed E-state index contributed by atoms with van der Waals surface area (Å²) in [5.74, 6) is -1.44. The molecular formula is C6H11N3O2. The quantitative estimate of drug-likeness (QED) is 0.303. The number of nitrogens with zero attached hydrogens (tertiary/aromatic N) is 1. The zero-order chi connectivity index (χ0) is 8.53. The van der Waals surface area contributed by atoms with Gasteiger partial charge in [0.15, 0.2) is 6.07 Å². The first-order valence-electron chi connectivity index (χ1n) is 3.32. The van der Waals surface area contributed by atoms with Crippen LogP contribution >= 0.6 is 0 Å². The highest BCUT2D eigenvalue weighted by atomic mass is 16.4. The summed E-state index contributed by atoms with van der Waals surface area (Å²) >= 11 is 0. The standard InChI is InChI=1S/C4H10N2.C2HNO2/c1-2-6-4-3-5-1;3-1-2(4)5/h5-6H,1-4H2;(H,4,5). The Bertz CT molecular complexity index is 137. The van der Waals surface area contributed by atoms with Gasteiger partial charge in [0.2, 0.25) is 0 Å². The van der Waals surface area contributed by atoms with E-state index in [0.29, 0.717) is 0 Å². The van der Waals surface area contributed by atoms with Gasteiger partial charge in [0.25, 0.3) is 0 Å². The van der Waals surface area contributed by atoms with Crippen LogP contribution in [0.2, 0.25) is 0 Å². The van der Waals surface area contributed by atoms with E-state index < -0.39 is 5.97 Å². The molecule has 1 fully saturated rings. The maximum atomic E-state index is 9.01. The molecule has 1 aliphatic rings. The van der Waals surface area contributed by atoms with Crippen LogP contribution in [0, 0.1) is 11.3 Å². The van der Waals surface area contributed by atoms with Crippen molar-refractivity contribution in [1.29, 1.82) is 5.26 Å². The molecule has 0 bridgehead atoms. The number of carboxylic acids is 1. The van der Waals surface area contributed by atoms with Gasteiger partial charge in [-0.3, -0.25) is 0 Å². The first-order chi connectivity index (χ1) is 5.27. The molecule has 0 aliphatic carbocycles. The van der Waals surface area contributed by atoms with Crippen LogP contribution in [0.4, 0.5) is 0 Å². The molecule has 0 aromatic rings. The first kappa shape index (κ1) is 9.88. The summed E-state index contributed by atoms with van der Waals surface area (Å²) in [4.78, 5) is 9.01. The number of carboxylic acid groups (broad SMARTS) is 1. The van der Waals surface area contributed by atoms with E-state index in [0.717, 1.165) is 32.2 Å². The molecule has 5 heteroatoms. The largest absolute Gasteiger partial charge is 0.470 e. The fraction of sp³-hybridized carbons (Fsp3) is 0.667. The number of nitrogens with one attached hydrogen (secondary N) is 2. The zero-order valence-corrected chi connectivity index (χ0v) is 6.13. The summed E-state index contributed by atoms with van der Waals surface area (Å²) in [6.45, 7) is 4.56. The number of carbonyl (C=O) groups is 1. The van der Waals surface area contributed by atoms with Crippen LogP contribution in [-0.4, -0.2) is 37.3 Å². The molecule has 0 spiro atoms. The van der Waals surface area contributed by atoms with Crippen LogP contribution in [0.1, 0.15) is 0 Å². The molecule has 0 saturated carbocycles. The smallest absolute Gasteiger partial charge is 0.408 e. The normalized spacial score (nSPS) is 15.5. The predicted octanol–water partition coefficient (Wildman–Crippen LogP) is -1.23. The van der Waals surface area contributed by atoms with Gasteiger partial charge < -0.3 is 15.7 Å². The minimum Gasteiger partial charge on any atom is -0.470 e. The van der Waals surface area contributed by atoms with E-state index in [1.165, 1.54) is 0 Å². The monoisotopic (exact) mass is 157 g/mol. The fourth-order valence-electron chi connectivity index (χ4n) is 0.604. The van der Waals surface area contributed by atoms with Crippen molar-refractivity contribution in [2.75, 3.05) is 26.2 Å². The molecule has 11 heavy (non-hydrogen) atoms. The molecule has 0 aromatic heterocycles. The number of rotatable bonds is 0. The molecule has 1 heterocycles. The van der Waals surface area contributed by atoms with Crippen LogP contribution < -0.4 is 10.6 Å². The number of nitriles is 1. The third-order valence-electron chi connectivity index (χ3n) is 1.05. The minimum absolute atomic E-state index is 0.944. The molecule has 5 nitrogen and oxygen atoms in total. The third kappa shape index (κ3) is 8.88. The topological polar surface area (TPSA) is 85.1 Å². The number of piperazine rings is 1. The molecule has 0 atom stereocenters. The molecule has 1 saturated heterocycles. The lowest BCUT2D eigenvalue weighted by Gasteiger charge is -2.11. The second kappa shape index (κ2) is 6.99. The Morgan fingerprint density at radius 2 is 1.55 bits per heavy atom. The number of hydrogen-bond acceptors (Lipinski definition) is 4. The van der Waals surface area contributed by atoms with Crippen LogP contribution in [0.3, 0.4) is 0 Å². The van der Waals surface area contributed by atoms with E-state index in [1.807, 2.05) is 0 Å². The van der Waals surface area contributed by atoms with E-state index >= 15 is 0 Å². The Morgan fingerprint density at radius 3 is 1.64 bits per heavy atom. The van der Waals surface area contributed by atoms with E-state index in [9.17, 15) is 0 Å². The van der Waals surface area contributed by atoms with Crippen LogP contribution in [0.25, 0.3) is 0 Å². The average molecular weight is 157 g/mol. The van der Waals surface area contributed by atoms with Gasteiger partial charge in [-0.15, -0.1) is 0 Å². The maximum Gasteiger partial charge on any atom is 0.408 e. The summed E-state index contributed by atoms with van der Waals surface area (Å²) in [5.41, 5.74) is 0. The second-order valence-electron chi connectivity index (χ2n) is 1.92. The Morgan fingerprint density at radius 1 is 1.27 bits per heavy atom. The molecule has 1 rings (SSSR count). The van der Waals surface area contributed by atoms with Gasteiger partial charge in [-0.05, 0) is 0 Å². The Balaban J connectivity index is 0.000000187. The van der Waals surface area contributed by atoms with Crippen molar-refractivity contribution in [3.8, 4) is 6.07 Å². The van der Waals surface area contributed by atoms with Gasteiger partial charge in [0.1, 0.15) is 0 Å². The molecular weight excluding hydrogens is 146 g/mol. The molecule has 62 valence electrons. The number of hydrogen-bond donors (Lipinski definition) is 3. The Hall–Kier alpha value is -1.12. The van der Waals surface area contributed by atoms with Gasteiger partial charge in [-0.25, -0.2) is 4.79 Å². The van der Waals surface area contributed by atoms with Gasteiger partial charge in [-0.1, -0.05) is 0 Å². The highest BCUT2D eigenvalue weighted by Gasteiger charge is 1.91. The summed E-state index contributed by atoms with van der Waals surface area (Å²) in [6.07, 6.45) is 0. The summed E-state index contributed by atoms with van der Waals surface area (Å²) in [6, 6.07) is 0.944. The van der Waals surface area contributed by atoms with Crippen LogP contribution in [0.15, 0.2) is 0 Å². The molecule has 1 aliphatic heterocycles. The van der Waals surface area contributed by atoms with E-state index in [4.69, 9.17) is 15.2 Å². The fourth-order valence-corrected chi connectivity index (χ4v) is 0.604. The lowest BCUT2D eigenvalue weighted by atomic mass is 10.4. The lowest BCUT2D eigenvalue weighted by molar-refractivity contribution is -0.130. The SMILES string of the molecule is C1CNCCN1.N#CC(=O)O. The summed E-state index contributed by atoms with van der Waals surface area (Å²) < 4.78 is 0. The molecule has 3 N–H and O–H groups in total. The third-order valence-corrected chi connectivity index (χ3v) is 1.05. The highest BCUT2D eigenvalue weighted by Crippen LogP contribution is 1.65. The average Bonchev–Trinajstić information content (AvgIpc) is 2.09. The molecule has 0 unspecified atom stereocenters.